The smallest absolute Gasteiger partial charge is 0.262 e. The van der Waals surface area contributed by atoms with Crippen molar-refractivity contribution in [3.8, 4) is 0 Å². The Balaban J connectivity index is 2.25. The standard InChI is InChI=1S/C17H22N2O4S2/c1-4-11-18-24(20,21)16-9-7-15(8-10-16)19-25(22,23)17-12-13(2)5-6-14(17)3/h5-10,12,18-19H,4,11H2,1-3H3. The van der Waals surface area contributed by atoms with E-state index in [2.05, 4.69) is 9.44 Å². The van der Waals surface area contributed by atoms with E-state index in [-0.39, 0.29) is 9.79 Å². The van der Waals surface area contributed by atoms with Crippen LogP contribution in [0.5, 0.6) is 0 Å². The summed E-state index contributed by atoms with van der Waals surface area (Å²) < 4.78 is 54.1. The minimum atomic E-state index is -3.74. The highest BCUT2D eigenvalue weighted by atomic mass is 32.2. The molecule has 0 bridgehead atoms. The van der Waals surface area contributed by atoms with Gasteiger partial charge in [0.2, 0.25) is 10.0 Å². The Hall–Kier alpha value is -1.90. The molecule has 0 unspecified atom stereocenters. The van der Waals surface area contributed by atoms with Gasteiger partial charge in [-0.2, -0.15) is 0 Å². The van der Waals surface area contributed by atoms with Crippen molar-refractivity contribution in [2.24, 2.45) is 0 Å². The molecule has 0 atom stereocenters. The largest absolute Gasteiger partial charge is 0.280 e. The highest BCUT2D eigenvalue weighted by molar-refractivity contribution is 7.92. The lowest BCUT2D eigenvalue weighted by Crippen LogP contribution is -2.24. The number of sulfonamides is 2. The van der Waals surface area contributed by atoms with Crippen LogP contribution in [0.4, 0.5) is 5.69 Å². The van der Waals surface area contributed by atoms with Crippen molar-refractivity contribution in [3.05, 3.63) is 53.6 Å². The molecule has 0 amide bonds. The number of nitrogens with one attached hydrogen (secondary N) is 2. The lowest BCUT2D eigenvalue weighted by atomic mass is 10.2. The maximum Gasteiger partial charge on any atom is 0.262 e. The molecule has 0 aliphatic carbocycles. The fraction of sp³-hybridized carbons (Fsp3) is 0.294. The molecule has 0 radical (unpaired) electrons. The summed E-state index contributed by atoms with van der Waals surface area (Å²) in [6.45, 7) is 5.77. The van der Waals surface area contributed by atoms with Gasteiger partial charge in [0.1, 0.15) is 0 Å². The van der Waals surface area contributed by atoms with Gasteiger partial charge in [-0.1, -0.05) is 19.1 Å². The monoisotopic (exact) mass is 382 g/mol. The average molecular weight is 383 g/mol. The molecule has 8 heteroatoms. The van der Waals surface area contributed by atoms with Gasteiger partial charge in [-0.15, -0.1) is 0 Å². The van der Waals surface area contributed by atoms with Crippen LogP contribution in [0.1, 0.15) is 24.5 Å². The third-order valence-electron chi connectivity index (χ3n) is 3.59. The van der Waals surface area contributed by atoms with E-state index in [0.717, 1.165) is 5.56 Å². The highest BCUT2D eigenvalue weighted by Gasteiger charge is 2.18. The minimum Gasteiger partial charge on any atom is -0.280 e. The summed E-state index contributed by atoms with van der Waals surface area (Å²) in [5.74, 6) is 0. The molecular formula is C17H22N2O4S2. The van der Waals surface area contributed by atoms with Crippen molar-refractivity contribution in [3.63, 3.8) is 0 Å². The van der Waals surface area contributed by atoms with Crippen LogP contribution in [0, 0.1) is 13.8 Å². The number of hydrogen-bond donors (Lipinski definition) is 2. The Bertz CT molecular complexity index is 951. The third kappa shape index (κ3) is 4.81. The first kappa shape index (κ1) is 19.4. The van der Waals surface area contributed by atoms with E-state index in [9.17, 15) is 16.8 Å². The molecule has 0 fully saturated rings. The van der Waals surface area contributed by atoms with Crippen LogP contribution in [-0.4, -0.2) is 23.4 Å². The third-order valence-corrected chi connectivity index (χ3v) is 6.59. The quantitative estimate of drug-likeness (QED) is 0.770. The summed E-state index contributed by atoms with van der Waals surface area (Å²) in [6, 6.07) is 10.8. The first-order valence-corrected chi connectivity index (χ1v) is 10.8. The lowest BCUT2D eigenvalue weighted by Gasteiger charge is -2.12. The molecule has 0 aliphatic heterocycles. The molecule has 6 nitrogen and oxygen atoms in total. The maximum absolute atomic E-state index is 12.6. The summed E-state index contributed by atoms with van der Waals surface area (Å²) in [7, 11) is -7.32. The van der Waals surface area contributed by atoms with Crippen molar-refractivity contribution in [2.45, 2.75) is 37.0 Å². The second-order valence-electron chi connectivity index (χ2n) is 5.80. The van der Waals surface area contributed by atoms with Crippen molar-refractivity contribution in [1.82, 2.24) is 4.72 Å². The zero-order chi connectivity index (χ0) is 18.7. The Morgan fingerprint density at radius 3 is 2.12 bits per heavy atom. The molecule has 25 heavy (non-hydrogen) atoms. The Labute approximate surface area is 149 Å². The van der Waals surface area contributed by atoms with Crippen LogP contribution < -0.4 is 9.44 Å². The first-order valence-electron chi connectivity index (χ1n) is 7.85. The van der Waals surface area contributed by atoms with E-state index in [1.165, 1.54) is 24.3 Å². The van der Waals surface area contributed by atoms with E-state index in [1.54, 1.807) is 19.1 Å². The molecular weight excluding hydrogens is 360 g/mol. The van der Waals surface area contributed by atoms with Crippen molar-refractivity contribution < 1.29 is 16.8 Å². The van der Waals surface area contributed by atoms with Gasteiger partial charge in [0.15, 0.2) is 0 Å². The summed E-state index contributed by atoms with van der Waals surface area (Å²) in [4.78, 5) is 0.296. The van der Waals surface area contributed by atoms with Crippen LogP contribution in [0.2, 0.25) is 0 Å². The normalized spacial score (nSPS) is 12.1. The molecule has 2 N–H and O–H groups in total. The van der Waals surface area contributed by atoms with Crippen molar-refractivity contribution in [2.75, 3.05) is 11.3 Å². The number of anilines is 1. The molecule has 136 valence electrons. The molecule has 0 saturated carbocycles. The van der Waals surface area contributed by atoms with Gasteiger partial charge in [0, 0.05) is 12.2 Å². The topological polar surface area (TPSA) is 92.3 Å². The molecule has 0 aromatic heterocycles. The van der Waals surface area contributed by atoms with Crippen molar-refractivity contribution >= 4 is 25.7 Å². The predicted octanol–water partition coefficient (Wildman–Crippen LogP) is 2.79. The molecule has 0 spiro atoms. The van der Waals surface area contributed by atoms with E-state index in [1.807, 2.05) is 19.9 Å². The number of aryl methyl sites for hydroxylation is 2. The molecule has 2 aromatic rings. The summed E-state index contributed by atoms with van der Waals surface area (Å²) in [6.07, 6.45) is 0.687. The Morgan fingerprint density at radius 2 is 1.52 bits per heavy atom. The Morgan fingerprint density at radius 1 is 0.880 bits per heavy atom. The van der Waals surface area contributed by atoms with Crippen LogP contribution >= 0.6 is 0 Å². The van der Waals surface area contributed by atoms with Crippen LogP contribution in [0.25, 0.3) is 0 Å². The zero-order valence-corrected chi connectivity index (χ0v) is 16.0. The van der Waals surface area contributed by atoms with Gasteiger partial charge >= 0.3 is 0 Å². The number of benzene rings is 2. The fourth-order valence-corrected chi connectivity index (χ4v) is 4.75. The van der Waals surface area contributed by atoms with Gasteiger partial charge in [0.05, 0.1) is 9.79 Å². The van der Waals surface area contributed by atoms with E-state index >= 15 is 0 Å². The van der Waals surface area contributed by atoms with E-state index in [4.69, 9.17) is 0 Å². The predicted molar refractivity (Wildman–Crippen MR) is 98.6 cm³/mol. The Kier molecular flexibility index (Phi) is 5.87. The van der Waals surface area contributed by atoms with Gasteiger partial charge in [-0.05, 0) is 61.7 Å². The molecule has 0 aliphatic rings. The van der Waals surface area contributed by atoms with Gasteiger partial charge < -0.3 is 0 Å². The zero-order valence-electron chi connectivity index (χ0n) is 14.4. The van der Waals surface area contributed by atoms with Crippen LogP contribution in [0.3, 0.4) is 0 Å². The maximum atomic E-state index is 12.6. The van der Waals surface area contributed by atoms with Crippen LogP contribution in [0.15, 0.2) is 52.3 Å². The molecule has 0 saturated heterocycles. The first-order chi connectivity index (χ1) is 11.7. The minimum absolute atomic E-state index is 0.0932. The second kappa shape index (κ2) is 7.55. The van der Waals surface area contributed by atoms with E-state index < -0.39 is 20.0 Å². The van der Waals surface area contributed by atoms with E-state index in [0.29, 0.717) is 24.2 Å². The molecule has 2 aromatic carbocycles. The number of hydrogen-bond acceptors (Lipinski definition) is 4. The highest BCUT2D eigenvalue weighted by Crippen LogP contribution is 2.21. The summed E-state index contributed by atoms with van der Waals surface area (Å²) >= 11 is 0. The van der Waals surface area contributed by atoms with Gasteiger partial charge in [-0.3, -0.25) is 4.72 Å². The van der Waals surface area contributed by atoms with Crippen molar-refractivity contribution in [1.29, 1.82) is 0 Å². The second-order valence-corrected chi connectivity index (χ2v) is 9.21. The van der Waals surface area contributed by atoms with Crippen LogP contribution in [-0.2, 0) is 20.0 Å². The van der Waals surface area contributed by atoms with Gasteiger partial charge in [0.25, 0.3) is 10.0 Å². The molecule has 0 heterocycles. The summed E-state index contributed by atoms with van der Waals surface area (Å²) in [5.41, 5.74) is 1.78. The average Bonchev–Trinajstić information content (AvgIpc) is 2.55. The molecule has 2 rings (SSSR count). The van der Waals surface area contributed by atoms with Gasteiger partial charge in [-0.25, -0.2) is 21.6 Å². The fourth-order valence-electron chi connectivity index (χ4n) is 2.23. The summed E-state index contributed by atoms with van der Waals surface area (Å²) in [5, 5.41) is 0. The number of rotatable bonds is 7. The SMILES string of the molecule is CCCNS(=O)(=O)c1ccc(NS(=O)(=O)c2cc(C)ccc2C)cc1. The lowest BCUT2D eigenvalue weighted by molar-refractivity contribution is 0.581.